The molecule has 3 aromatic heterocycles. The second-order valence-electron chi connectivity index (χ2n) is 7.58. The molecule has 4 heterocycles. The number of aromatic nitrogens is 4. The Balaban J connectivity index is 1.54. The van der Waals surface area contributed by atoms with Gasteiger partial charge >= 0.3 is 0 Å². The molecule has 0 bridgehead atoms. The first-order valence-corrected chi connectivity index (χ1v) is 10.1. The van der Waals surface area contributed by atoms with Gasteiger partial charge in [0, 0.05) is 37.1 Å². The van der Waals surface area contributed by atoms with Gasteiger partial charge in [-0.3, -0.25) is 14.5 Å². The van der Waals surface area contributed by atoms with Crippen LogP contribution in [0.2, 0.25) is 0 Å². The van der Waals surface area contributed by atoms with Gasteiger partial charge in [0.15, 0.2) is 0 Å². The normalized spacial score (nSPS) is 15.0. The zero-order valence-electron chi connectivity index (χ0n) is 17.0. The highest BCUT2D eigenvalue weighted by Crippen LogP contribution is 2.26. The molecule has 0 saturated carbocycles. The number of ether oxygens (including phenoxy) is 1. The molecule has 0 spiro atoms. The molecule has 2 N–H and O–H groups in total. The summed E-state index contributed by atoms with van der Waals surface area (Å²) >= 11 is 0. The number of hydrogen-bond donors (Lipinski definition) is 1. The highest BCUT2D eigenvalue weighted by atomic mass is 16.5. The molecule has 7 heteroatoms. The van der Waals surface area contributed by atoms with Crippen LogP contribution in [0.15, 0.2) is 54.9 Å². The Bertz CT molecular complexity index is 1200. The Kier molecular flexibility index (Phi) is 4.90. The van der Waals surface area contributed by atoms with Crippen molar-refractivity contribution in [3.8, 4) is 16.9 Å². The molecule has 4 aromatic rings. The summed E-state index contributed by atoms with van der Waals surface area (Å²) in [5.74, 6) is 1.41. The van der Waals surface area contributed by atoms with Crippen LogP contribution in [0.4, 0.5) is 5.82 Å². The molecule has 7 nitrogen and oxygen atoms in total. The molecule has 30 heavy (non-hydrogen) atoms. The number of rotatable bonds is 4. The first kappa shape index (κ1) is 18.7. The Morgan fingerprint density at radius 1 is 1.07 bits per heavy atom. The average Bonchev–Trinajstić information content (AvgIpc) is 3.09. The fourth-order valence-electron chi connectivity index (χ4n) is 4.00. The average molecular weight is 400 g/mol. The molecular formula is C23H24N6O. The van der Waals surface area contributed by atoms with E-state index in [1.165, 1.54) is 5.56 Å². The SMILES string of the molecule is Cc1nc2cnc(-c3ccnc(N)c3)cc2n1-c1cccc(CN2CCOCC2)c1. The van der Waals surface area contributed by atoms with E-state index >= 15 is 0 Å². The highest BCUT2D eigenvalue weighted by molar-refractivity contribution is 5.82. The highest BCUT2D eigenvalue weighted by Gasteiger charge is 2.14. The quantitative estimate of drug-likeness (QED) is 0.566. The fraction of sp³-hybridized carbons (Fsp3) is 0.261. The number of hydrogen-bond acceptors (Lipinski definition) is 6. The molecule has 1 aliphatic heterocycles. The molecule has 5 rings (SSSR count). The Morgan fingerprint density at radius 2 is 1.93 bits per heavy atom. The van der Waals surface area contributed by atoms with Gasteiger partial charge in [-0.1, -0.05) is 12.1 Å². The van der Waals surface area contributed by atoms with E-state index in [-0.39, 0.29) is 0 Å². The van der Waals surface area contributed by atoms with Crippen LogP contribution in [0.5, 0.6) is 0 Å². The van der Waals surface area contributed by atoms with Gasteiger partial charge in [-0.15, -0.1) is 0 Å². The van der Waals surface area contributed by atoms with Crippen LogP contribution in [0, 0.1) is 6.92 Å². The maximum atomic E-state index is 5.86. The molecule has 0 atom stereocenters. The van der Waals surface area contributed by atoms with E-state index in [0.717, 1.165) is 66.7 Å². The topological polar surface area (TPSA) is 82.1 Å². The number of pyridine rings is 2. The number of fused-ring (bicyclic) bond motifs is 1. The van der Waals surface area contributed by atoms with Crippen LogP contribution in [0.1, 0.15) is 11.4 Å². The summed E-state index contributed by atoms with van der Waals surface area (Å²) in [6, 6.07) is 14.5. The lowest BCUT2D eigenvalue weighted by Crippen LogP contribution is -2.35. The Hall–Kier alpha value is -3.29. The van der Waals surface area contributed by atoms with Gasteiger partial charge in [-0.2, -0.15) is 0 Å². The minimum absolute atomic E-state index is 0.481. The van der Waals surface area contributed by atoms with Crippen molar-refractivity contribution in [3.63, 3.8) is 0 Å². The minimum atomic E-state index is 0.481. The lowest BCUT2D eigenvalue weighted by Gasteiger charge is -2.26. The largest absolute Gasteiger partial charge is 0.384 e. The lowest BCUT2D eigenvalue weighted by atomic mass is 10.1. The second kappa shape index (κ2) is 7.85. The third-order valence-corrected chi connectivity index (χ3v) is 5.46. The predicted molar refractivity (Wildman–Crippen MR) is 117 cm³/mol. The Labute approximate surface area is 175 Å². The third kappa shape index (κ3) is 3.65. The summed E-state index contributed by atoms with van der Waals surface area (Å²) in [7, 11) is 0. The van der Waals surface area contributed by atoms with E-state index in [1.807, 2.05) is 25.3 Å². The molecule has 1 saturated heterocycles. The standard InChI is InChI=1S/C23H24N6O/c1-16-27-21-14-26-20(18-5-6-25-23(24)12-18)13-22(21)29(16)19-4-2-3-17(11-19)15-28-7-9-30-10-8-28/h2-6,11-14H,7-10,15H2,1H3,(H2,24,25). The van der Waals surface area contributed by atoms with Gasteiger partial charge in [-0.05, 0) is 42.8 Å². The van der Waals surface area contributed by atoms with Gasteiger partial charge < -0.3 is 10.5 Å². The van der Waals surface area contributed by atoms with Crippen LogP contribution < -0.4 is 5.73 Å². The minimum Gasteiger partial charge on any atom is -0.384 e. The molecule has 1 fully saturated rings. The monoisotopic (exact) mass is 400 g/mol. The second-order valence-corrected chi connectivity index (χ2v) is 7.58. The summed E-state index contributed by atoms with van der Waals surface area (Å²) in [6.07, 6.45) is 3.52. The van der Waals surface area contributed by atoms with Gasteiger partial charge in [0.2, 0.25) is 0 Å². The number of nitrogens with two attached hydrogens (primary N) is 1. The van der Waals surface area contributed by atoms with Crippen LogP contribution in [-0.4, -0.2) is 50.7 Å². The summed E-state index contributed by atoms with van der Waals surface area (Å²) in [5.41, 5.74) is 11.9. The first-order valence-electron chi connectivity index (χ1n) is 10.1. The molecule has 1 aromatic carbocycles. The predicted octanol–water partition coefficient (Wildman–Crippen LogP) is 3.21. The van der Waals surface area contributed by atoms with Crippen LogP contribution in [-0.2, 0) is 11.3 Å². The van der Waals surface area contributed by atoms with Gasteiger partial charge in [-0.25, -0.2) is 9.97 Å². The molecule has 152 valence electrons. The summed E-state index contributed by atoms with van der Waals surface area (Å²) < 4.78 is 7.66. The smallest absolute Gasteiger partial charge is 0.123 e. The van der Waals surface area contributed by atoms with Gasteiger partial charge in [0.25, 0.3) is 0 Å². The van der Waals surface area contributed by atoms with Crippen molar-refractivity contribution in [1.29, 1.82) is 0 Å². The summed E-state index contributed by atoms with van der Waals surface area (Å²) in [5, 5.41) is 0. The molecular weight excluding hydrogens is 376 g/mol. The van der Waals surface area contributed by atoms with Crippen LogP contribution in [0.3, 0.4) is 0 Å². The van der Waals surface area contributed by atoms with E-state index in [2.05, 4.69) is 49.8 Å². The fourth-order valence-corrected chi connectivity index (χ4v) is 4.00. The van der Waals surface area contributed by atoms with E-state index in [0.29, 0.717) is 5.82 Å². The molecule has 0 unspecified atom stereocenters. The first-order chi connectivity index (χ1) is 14.7. The molecule has 0 amide bonds. The van der Waals surface area contributed by atoms with Gasteiger partial charge in [0.05, 0.1) is 30.6 Å². The van der Waals surface area contributed by atoms with Crippen molar-refractivity contribution in [2.45, 2.75) is 13.5 Å². The molecule has 0 aliphatic carbocycles. The number of anilines is 1. The van der Waals surface area contributed by atoms with E-state index in [4.69, 9.17) is 15.5 Å². The van der Waals surface area contributed by atoms with Crippen molar-refractivity contribution >= 4 is 16.9 Å². The number of aryl methyl sites for hydroxylation is 1. The number of morpholine rings is 1. The molecule has 0 radical (unpaired) electrons. The van der Waals surface area contributed by atoms with Crippen LogP contribution >= 0.6 is 0 Å². The van der Waals surface area contributed by atoms with Crippen molar-refractivity contribution in [2.75, 3.05) is 32.0 Å². The third-order valence-electron chi connectivity index (χ3n) is 5.46. The number of nitrogen functional groups attached to an aromatic ring is 1. The van der Waals surface area contributed by atoms with E-state index < -0.39 is 0 Å². The summed E-state index contributed by atoms with van der Waals surface area (Å²) in [6.45, 7) is 6.51. The molecule has 1 aliphatic rings. The zero-order chi connectivity index (χ0) is 20.5. The van der Waals surface area contributed by atoms with Crippen molar-refractivity contribution in [1.82, 2.24) is 24.4 Å². The number of benzene rings is 1. The van der Waals surface area contributed by atoms with Crippen molar-refractivity contribution < 1.29 is 4.74 Å². The zero-order valence-corrected chi connectivity index (χ0v) is 17.0. The lowest BCUT2D eigenvalue weighted by molar-refractivity contribution is 0.0342. The van der Waals surface area contributed by atoms with E-state index in [9.17, 15) is 0 Å². The summed E-state index contributed by atoms with van der Waals surface area (Å²) in [4.78, 5) is 15.8. The number of imidazole rings is 1. The Morgan fingerprint density at radius 3 is 2.77 bits per heavy atom. The maximum absolute atomic E-state index is 5.86. The van der Waals surface area contributed by atoms with Gasteiger partial charge in [0.1, 0.15) is 17.2 Å². The number of nitrogens with zero attached hydrogens (tertiary/aromatic N) is 5. The van der Waals surface area contributed by atoms with Crippen molar-refractivity contribution in [3.05, 3.63) is 66.2 Å². The van der Waals surface area contributed by atoms with Crippen molar-refractivity contribution in [2.24, 2.45) is 0 Å². The van der Waals surface area contributed by atoms with Crippen LogP contribution in [0.25, 0.3) is 28.0 Å². The van der Waals surface area contributed by atoms with E-state index in [1.54, 1.807) is 6.20 Å². The maximum Gasteiger partial charge on any atom is 0.123 e.